The minimum absolute atomic E-state index is 0.0267. The van der Waals surface area contributed by atoms with E-state index in [1.165, 1.54) is 39.1 Å². The second kappa shape index (κ2) is 15.0. The van der Waals surface area contributed by atoms with E-state index in [0.29, 0.717) is 18.9 Å². The highest BCUT2D eigenvalue weighted by molar-refractivity contribution is 5.99. The van der Waals surface area contributed by atoms with E-state index in [9.17, 15) is 14.4 Å². The van der Waals surface area contributed by atoms with Crippen molar-refractivity contribution >= 4 is 17.7 Å². The second-order valence-electron chi connectivity index (χ2n) is 11.3. The van der Waals surface area contributed by atoms with Gasteiger partial charge >= 0.3 is 11.9 Å². The summed E-state index contributed by atoms with van der Waals surface area (Å²) in [6.07, 6.45) is 3.72. The van der Waals surface area contributed by atoms with E-state index in [0.717, 1.165) is 11.3 Å². The van der Waals surface area contributed by atoms with Gasteiger partial charge < -0.3 is 28.4 Å². The van der Waals surface area contributed by atoms with E-state index < -0.39 is 42.1 Å². The quantitative estimate of drug-likeness (QED) is 0.139. The van der Waals surface area contributed by atoms with Gasteiger partial charge in [0.05, 0.1) is 32.3 Å². The number of rotatable bonds is 17. The van der Waals surface area contributed by atoms with Gasteiger partial charge in [-0.1, -0.05) is 19.1 Å². The molecule has 0 bridgehead atoms. The Kier molecular flexibility index (Phi) is 11.7. The van der Waals surface area contributed by atoms with Crippen LogP contribution >= 0.6 is 0 Å². The van der Waals surface area contributed by atoms with Crippen molar-refractivity contribution in [3.63, 3.8) is 0 Å². The first-order chi connectivity index (χ1) is 19.9. The molecule has 1 aliphatic rings. The molecule has 230 valence electrons. The highest BCUT2D eigenvalue weighted by Crippen LogP contribution is 2.36. The van der Waals surface area contributed by atoms with Crippen LogP contribution in [0.3, 0.4) is 0 Å². The summed E-state index contributed by atoms with van der Waals surface area (Å²) in [5, 5.41) is 0. The van der Waals surface area contributed by atoms with Crippen LogP contribution in [0.2, 0.25) is 0 Å². The molecule has 42 heavy (non-hydrogen) atoms. The molecule has 1 aliphatic carbocycles. The van der Waals surface area contributed by atoms with Gasteiger partial charge in [-0.15, -0.1) is 0 Å². The van der Waals surface area contributed by atoms with Crippen LogP contribution < -0.4 is 14.2 Å². The Morgan fingerprint density at radius 1 is 1.02 bits per heavy atom. The summed E-state index contributed by atoms with van der Waals surface area (Å²) in [6, 6.07) is 9.34. The van der Waals surface area contributed by atoms with Crippen LogP contribution in [0.1, 0.15) is 69.9 Å². The molecule has 1 aromatic heterocycles. The summed E-state index contributed by atoms with van der Waals surface area (Å²) >= 11 is 0. The lowest BCUT2D eigenvalue weighted by Crippen LogP contribution is -2.44. The summed E-state index contributed by atoms with van der Waals surface area (Å²) in [5.41, 5.74) is 0.474. The standard InChI is InChI=1S/C32H43NO9/c1-20(16-27(35)29-30(40-19-39-22(3)34)28(38-7)14-15-33-29)31(36)42-21(2)26(32(4,5)41-18-24-8-9-24)17-23-10-12-25(37-6)13-11-23/h10-15,20-21,24,26H,8-9,16-19H2,1-7H3/t20-,21+,26+/m1/s1. The van der Waals surface area contributed by atoms with Crippen molar-refractivity contribution in [3.8, 4) is 17.2 Å². The smallest absolute Gasteiger partial charge is 0.309 e. The number of hydrogen-bond donors (Lipinski definition) is 0. The van der Waals surface area contributed by atoms with Crippen LogP contribution in [0.5, 0.6) is 17.2 Å². The number of methoxy groups -OCH3 is 2. The Bertz CT molecular complexity index is 1210. The lowest BCUT2D eigenvalue weighted by Gasteiger charge is -2.38. The zero-order valence-corrected chi connectivity index (χ0v) is 25.6. The number of ketones is 1. The fourth-order valence-electron chi connectivity index (χ4n) is 4.66. The number of ether oxygens (including phenoxy) is 6. The zero-order chi connectivity index (χ0) is 30.9. The Balaban J connectivity index is 1.70. The van der Waals surface area contributed by atoms with Crippen molar-refractivity contribution in [2.24, 2.45) is 17.8 Å². The van der Waals surface area contributed by atoms with Gasteiger partial charge in [-0.2, -0.15) is 0 Å². The molecular weight excluding hydrogens is 542 g/mol. The fraction of sp³-hybridized carbons (Fsp3) is 0.562. The third-order valence-corrected chi connectivity index (χ3v) is 7.48. The van der Waals surface area contributed by atoms with Crippen LogP contribution in [0.4, 0.5) is 0 Å². The number of carbonyl (C=O) groups is 3. The SMILES string of the molecule is COc1ccc(C[C@@H]([C@H](C)OC(=O)[C@H](C)CC(=O)c2nccc(OC)c2OCOC(C)=O)C(C)(C)OCC2CC2)cc1. The fourth-order valence-corrected chi connectivity index (χ4v) is 4.66. The zero-order valence-electron chi connectivity index (χ0n) is 25.6. The summed E-state index contributed by atoms with van der Waals surface area (Å²) in [4.78, 5) is 41.8. The predicted octanol–water partition coefficient (Wildman–Crippen LogP) is 5.20. The second-order valence-corrected chi connectivity index (χ2v) is 11.3. The Morgan fingerprint density at radius 2 is 1.71 bits per heavy atom. The average Bonchev–Trinajstić information content (AvgIpc) is 3.79. The predicted molar refractivity (Wildman–Crippen MR) is 155 cm³/mol. The molecule has 0 amide bonds. The molecule has 3 rings (SSSR count). The largest absolute Gasteiger partial charge is 0.497 e. The molecule has 0 N–H and O–H groups in total. The summed E-state index contributed by atoms with van der Waals surface area (Å²) in [6.45, 7) is 9.08. The van der Waals surface area contributed by atoms with Crippen LogP contribution in [-0.4, -0.2) is 62.0 Å². The van der Waals surface area contributed by atoms with Crippen LogP contribution in [0.15, 0.2) is 36.5 Å². The maximum atomic E-state index is 13.3. The number of carbonyl (C=O) groups excluding carboxylic acids is 3. The maximum absolute atomic E-state index is 13.3. The number of benzene rings is 1. The topological polar surface area (TPSA) is 119 Å². The van der Waals surface area contributed by atoms with E-state index in [4.69, 9.17) is 28.4 Å². The van der Waals surface area contributed by atoms with Crippen molar-refractivity contribution in [3.05, 3.63) is 47.8 Å². The first-order valence-corrected chi connectivity index (χ1v) is 14.2. The van der Waals surface area contributed by atoms with Crippen molar-refractivity contribution in [1.82, 2.24) is 4.98 Å². The number of esters is 2. The van der Waals surface area contributed by atoms with E-state index in [2.05, 4.69) is 4.98 Å². The van der Waals surface area contributed by atoms with Gasteiger partial charge in [0, 0.05) is 31.5 Å². The summed E-state index contributed by atoms with van der Waals surface area (Å²) < 4.78 is 33.2. The molecular formula is C32H43NO9. The summed E-state index contributed by atoms with van der Waals surface area (Å²) in [7, 11) is 3.04. The highest BCUT2D eigenvalue weighted by Gasteiger charge is 2.39. The molecule has 0 radical (unpaired) electrons. The minimum atomic E-state index is -0.758. The molecule has 0 unspecified atom stereocenters. The first kappa shape index (κ1) is 32.8. The number of nitrogens with zero attached hydrogens (tertiary/aromatic N) is 1. The van der Waals surface area contributed by atoms with Gasteiger partial charge in [0.15, 0.2) is 23.0 Å². The number of pyridine rings is 1. The summed E-state index contributed by atoms with van der Waals surface area (Å²) in [5.74, 6) is -0.753. The normalized spacial score (nSPS) is 15.2. The monoisotopic (exact) mass is 585 g/mol. The van der Waals surface area contributed by atoms with E-state index in [1.807, 2.05) is 45.0 Å². The van der Waals surface area contributed by atoms with Crippen LogP contribution in [-0.2, 0) is 30.2 Å². The maximum Gasteiger partial charge on any atom is 0.309 e. The molecule has 10 heteroatoms. The molecule has 1 heterocycles. The molecule has 0 saturated heterocycles. The van der Waals surface area contributed by atoms with E-state index in [-0.39, 0.29) is 29.5 Å². The first-order valence-electron chi connectivity index (χ1n) is 14.2. The van der Waals surface area contributed by atoms with Crippen molar-refractivity contribution in [1.29, 1.82) is 0 Å². The molecule has 1 aromatic carbocycles. The highest BCUT2D eigenvalue weighted by atomic mass is 16.7. The Morgan fingerprint density at radius 3 is 2.31 bits per heavy atom. The number of Topliss-reactive ketones (excluding diaryl/α,β-unsaturated/α-hetero) is 1. The van der Waals surface area contributed by atoms with Crippen molar-refractivity contribution < 1.29 is 42.8 Å². The molecule has 0 spiro atoms. The molecule has 1 fully saturated rings. The molecule has 3 atom stereocenters. The lowest BCUT2D eigenvalue weighted by molar-refractivity contribution is -0.163. The van der Waals surface area contributed by atoms with Gasteiger partial charge in [0.1, 0.15) is 11.9 Å². The molecule has 10 nitrogen and oxygen atoms in total. The van der Waals surface area contributed by atoms with Gasteiger partial charge in [-0.25, -0.2) is 4.98 Å². The van der Waals surface area contributed by atoms with Gasteiger partial charge in [-0.3, -0.25) is 14.4 Å². The van der Waals surface area contributed by atoms with Crippen LogP contribution in [0.25, 0.3) is 0 Å². The minimum Gasteiger partial charge on any atom is -0.497 e. The average molecular weight is 586 g/mol. The third kappa shape index (κ3) is 9.44. The van der Waals surface area contributed by atoms with Crippen molar-refractivity contribution in [2.75, 3.05) is 27.6 Å². The third-order valence-electron chi connectivity index (χ3n) is 7.48. The lowest BCUT2D eigenvalue weighted by atomic mass is 9.81. The van der Waals surface area contributed by atoms with Crippen molar-refractivity contribution in [2.45, 2.75) is 72.0 Å². The van der Waals surface area contributed by atoms with Gasteiger partial charge in [-0.05, 0) is 63.6 Å². The van der Waals surface area contributed by atoms with Gasteiger partial charge in [0.25, 0.3) is 0 Å². The molecule has 1 saturated carbocycles. The van der Waals surface area contributed by atoms with E-state index >= 15 is 0 Å². The van der Waals surface area contributed by atoms with Gasteiger partial charge in [0.2, 0.25) is 6.79 Å². The van der Waals surface area contributed by atoms with E-state index in [1.54, 1.807) is 14.0 Å². The molecule has 2 aromatic rings. The van der Waals surface area contributed by atoms with Crippen LogP contribution in [0, 0.1) is 17.8 Å². The number of aromatic nitrogens is 1. The number of hydrogen-bond acceptors (Lipinski definition) is 10. The Hall–Kier alpha value is -3.66. The Labute approximate surface area is 248 Å². The molecule has 0 aliphatic heterocycles.